The fourth-order valence-corrected chi connectivity index (χ4v) is 2.21. The summed E-state index contributed by atoms with van der Waals surface area (Å²) in [4.78, 5) is 15.4. The number of H-pyrrole nitrogens is 1. The Bertz CT molecular complexity index is 515. The lowest BCUT2D eigenvalue weighted by atomic mass is 10.2. The smallest absolute Gasteiger partial charge is 0.230 e. The van der Waals surface area contributed by atoms with E-state index >= 15 is 0 Å². The van der Waals surface area contributed by atoms with Crippen LogP contribution in [0.1, 0.15) is 11.4 Å². The van der Waals surface area contributed by atoms with Crippen LogP contribution < -0.4 is 5.32 Å². The predicted octanol–water partition coefficient (Wildman–Crippen LogP) is 1.49. The Hall–Kier alpha value is -1.89. The molecule has 0 saturated heterocycles. The van der Waals surface area contributed by atoms with Gasteiger partial charge in [-0.05, 0) is 17.7 Å². The normalized spacial score (nSPS) is 10.4. The molecule has 0 aliphatic heterocycles. The second kappa shape index (κ2) is 6.89. The minimum atomic E-state index is -0.251. The summed E-state index contributed by atoms with van der Waals surface area (Å²) in [7, 11) is 0. The lowest BCUT2D eigenvalue weighted by Gasteiger charge is -2.03. The van der Waals surface area contributed by atoms with Crippen molar-refractivity contribution in [2.24, 2.45) is 0 Å². The second-order valence-electron chi connectivity index (χ2n) is 3.83. The predicted molar refractivity (Wildman–Crippen MR) is 70.8 cm³/mol. The van der Waals surface area contributed by atoms with Gasteiger partial charge in [0.05, 0.1) is 12.3 Å². The van der Waals surface area contributed by atoms with Gasteiger partial charge in [0.15, 0.2) is 0 Å². The van der Waals surface area contributed by atoms with Gasteiger partial charge in [-0.1, -0.05) is 12.1 Å². The van der Waals surface area contributed by atoms with Crippen molar-refractivity contribution >= 4 is 17.7 Å². The maximum Gasteiger partial charge on any atom is 0.230 e. The first-order chi connectivity index (χ1) is 9.24. The molecule has 2 N–H and O–H groups in total. The molecule has 19 heavy (non-hydrogen) atoms. The number of carbonyl (C=O) groups is 1. The van der Waals surface area contributed by atoms with Crippen LogP contribution >= 0.6 is 11.8 Å². The van der Waals surface area contributed by atoms with Crippen LogP contribution in [0.25, 0.3) is 0 Å². The number of halogens is 1. The maximum atomic E-state index is 12.7. The molecule has 0 fully saturated rings. The Morgan fingerprint density at radius 2 is 2.16 bits per heavy atom. The summed E-state index contributed by atoms with van der Waals surface area (Å²) in [6.07, 6.45) is 1.39. The van der Waals surface area contributed by atoms with E-state index in [2.05, 4.69) is 20.5 Å². The minimum absolute atomic E-state index is 0.0662. The van der Waals surface area contributed by atoms with Gasteiger partial charge in [-0.2, -0.15) is 5.10 Å². The van der Waals surface area contributed by atoms with E-state index in [1.807, 2.05) is 0 Å². The topological polar surface area (TPSA) is 70.7 Å². The van der Waals surface area contributed by atoms with Crippen molar-refractivity contribution in [1.82, 2.24) is 20.5 Å². The van der Waals surface area contributed by atoms with E-state index in [1.54, 1.807) is 12.1 Å². The first-order valence-corrected chi connectivity index (χ1v) is 6.82. The van der Waals surface area contributed by atoms with E-state index in [0.717, 1.165) is 5.56 Å². The molecule has 0 unspecified atom stereocenters. The number of thioether (sulfide) groups is 1. The van der Waals surface area contributed by atoms with Gasteiger partial charge in [0.2, 0.25) is 5.91 Å². The van der Waals surface area contributed by atoms with E-state index in [0.29, 0.717) is 23.9 Å². The van der Waals surface area contributed by atoms with Crippen molar-refractivity contribution in [2.75, 3.05) is 5.75 Å². The average molecular weight is 280 g/mol. The molecule has 100 valence electrons. The van der Waals surface area contributed by atoms with Gasteiger partial charge in [-0.25, -0.2) is 9.37 Å². The molecule has 2 aromatic rings. The van der Waals surface area contributed by atoms with E-state index in [4.69, 9.17) is 0 Å². The van der Waals surface area contributed by atoms with Crippen LogP contribution in [-0.4, -0.2) is 26.8 Å². The molecule has 0 atom stereocenters. The molecule has 2 rings (SSSR count). The number of carbonyl (C=O) groups excluding carboxylic acids is 1. The number of nitrogens with zero attached hydrogens (tertiary/aromatic N) is 2. The minimum Gasteiger partial charge on any atom is -0.348 e. The largest absolute Gasteiger partial charge is 0.348 e. The number of benzene rings is 1. The molecule has 0 aliphatic rings. The van der Waals surface area contributed by atoms with Crippen molar-refractivity contribution in [2.45, 2.75) is 12.3 Å². The summed E-state index contributed by atoms with van der Waals surface area (Å²) in [6, 6.07) is 6.27. The highest BCUT2D eigenvalue weighted by Crippen LogP contribution is 2.12. The van der Waals surface area contributed by atoms with Crippen LogP contribution in [0.5, 0.6) is 0 Å². The van der Waals surface area contributed by atoms with Gasteiger partial charge >= 0.3 is 0 Å². The Balaban J connectivity index is 1.65. The monoisotopic (exact) mass is 280 g/mol. The number of nitrogens with one attached hydrogen (secondary N) is 2. The molecule has 1 amide bonds. The van der Waals surface area contributed by atoms with Crippen LogP contribution in [0, 0.1) is 5.82 Å². The van der Waals surface area contributed by atoms with Gasteiger partial charge in [0, 0.05) is 5.75 Å². The van der Waals surface area contributed by atoms with Crippen LogP contribution in [-0.2, 0) is 17.1 Å². The molecule has 1 heterocycles. The summed E-state index contributed by atoms with van der Waals surface area (Å²) in [5, 5.41) is 9.07. The Labute approximate surface area is 114 Å². The van der Waals surface area contributed by atoms with Crippen molar-refractivity contribution in [3.05, 3.63) is 47.8 Å². The molecule has 0 spiro atoms. The van der Waals surface area contributed by atoms with E-state index in [-0.39, 0.29) is 11.7 Å². The summed E-state index contributed by atoms with van der Waals surface area (Å²) >= 11 is 1.48. The Morgan fingerprint density at radius 1 is 1.37 bits per heavy atom. The highest BCUT2D eigenvalue weighted by Gasteiger charge is 2.03. The summed E-state index contributed by atoms with van der Waals surface area (Å²) < 4.78 is 12.7. The van der Waals surface area contributed by atoms with Crippen molar-refractivity contribution in [3.63, 3.8) is 0 Å². The number of aromatic amines is 1. The van der Waals surface area contributed by atoms with Gasteiger partial charge in [0.1, 0.15) is 18.0 Å². The number of amides is 1. The molecular weight excluding hydrogens is 267 g/mol. The Morgan fingerprint density at radius 3 is 2.84 bits per heavy atom. The summed E-state index contributed by atoms with van der Waals surface area (Å²) in [6.45, 7) is 0.343. The standard InChI is InChI=1S/C12H13FN4OS/c13-10-3-1-9(2-4-10)6-19-7-12(18)14-5-11-15-8-16-17-11/h1-4,8H,5-7H2,(H,14,18)(H,15,16,17). The van der Waals surface area contributed by atoms with Crippen molar-refractivity contribution in [1.29, 1.82) is 0 Å². The van der Waals surface area contributed by atoms with Crippen LogP contribution in [0.2, 0.25) is 0 Å². The molecule has 7 heteroatoms. The molecule has 1 aromatic heterocycles. The molecule has 0 aliphatic carbocycles. The first-order valence-electron chi connectivity index (χ1n) is 5.67. The molecule has 1 aromatic carbocycles. The summed E-state index contributed by atoms with van der Waals surface area (Å²) in [5.41, 5.74) is 0.995. The third-order valence-corrected chi connectivity index (χ3v) is 3.34. The maximum absolute atomic E-state index is 12.7. The number of hydrogen-bond donors (Lipinski definition) is 2. The highest BCUT2D eigenvalue weighted by atomic mass is 32.2. The fraction of sp³-hybridized carbons (Fsp3) is 0.250. The SMILES string of the molecule is O=C(CSCc1ccc(F)cc1)NCc1ncn[nH]1. The fourth-order valence-electron chi connectivity index (χ4n) is 1.39. The average Bonchev–Trinajstić information content (AvgIpc) is 2.92. The number of aromatic nitrogens is 3. The second-order valence-corrected chi connectivity index (χ2v) is 4.81. The van der Waals surface area contributed by atoms with E-state index < -0.39 is 0 Å². The summed E-state index contributed by atoms with van der Waals surface area (Å²) in [5.74, 6) is 1.33. The van der Waals surface area contributed by atoms with E-state index in [1.165, 1.54) is 30.2 Å². The first kappa shape index (κ1) is 13.5. The molecule has 0 saturated carbocycles. The quantitative estimate of drug-likeness (QED) is 0.841. The molecule has 0 radical (unpaired) electrons. The molecule has 0 bridgehead atoms. The van der Waals surface area contributed by atoms with Gasteiger partial charge in [-0.15, -0.1) is 11.8 Å². The van der Waals surface area contributed by atoms with Gasteiger partial charge in [0.25, 0.3) is 0 Å². The van der Waals surface area contributed by atoms with Gasteiger partial charge in [-0.3, -0.25) is 9.89 Å². The molecular formula is C12H13FN4OS. The van der Waals surface area contributed by atoms with Crippen molar-refractivity contribution < 1.29 is 9.18 Å². The molecule has 5 nitrogen and oxygen atoms in total. The van der Waals surface area contributed by atoms with Crippen molar-refractivity contribution in [3.8, 4) is 0 Å². The Kier molecular flexibility index (Phi) is 4.91. The lowest BCUT2D eigenvalue weighted by Crippen LogP contribution is -2.25. The zero-order valence-electron chi connectivity index (χ0n) is 10.1. The van der Waals surface area contributed by atoms with Gasteiger partial charge < -0.3 is 5.32 Å². The zero-order valence-corrected chi connectivity index (χ0v) is 10.9. The number of hydrogen-bond acceptors (Lipinski definition) is 4. The van der Waals surface area contributed by atoms with Crippen LogP contribution in [0.4, 0.5) is 4.39 Å². The zero-order chi connectivity index (χ0) is 13.5. The lowest BCUT2D eigenvalue weighted by molar-refractivity contribution is -0.118. The third-order valence-electron chi connectivity index (χ3n) is 2.33. The number of rotatable bonds is 6. The van der Waals surface area contributed by atoms with Crippen LogP contribution in [0.15, 0.2) is 30.6 Å². The third kappa shape index (κ3) is 4.70. The van der Waals surface area contributed by atoms with E-state index in [9.17, 15) is 9.18 Å². The van der Waals surface area contributed by atoms with Crippen LogP contribution in [0.3, 0.4) is 0 Å². The highest BCUT2D eigenvalue weighted by molar-refractivity contribution is 7.99.